The molecule has 4 rings (SSSR count). The van der Waals surface area contributed by atoms with Crippen LogP contribution in [0.25, 0.3) is 5.57 Å². The Morgan fingerprint density at radius 2 is 1.53 bits per heavy atom. The minimum atomic E-state index is -0.485. The van der Waals surface area contributed by atoms with Gasteiger partial charge in [-0.1, -0.05) is 41.9 Å². The van der Waals surface area contributed by atoms with Crippen molar-refractivity contribution >= 4 is 46.1 Å². The van der Waals surface area contributed by atoms with E-state index in [9.17, 15) is 9.59 Å². The molecule has 0 bridgehead atoms. The van der Waals surface area contributed by atoms with Crippen LogP contribution in [-0.4, -0.2) is 33.0 Å². The molecule has 0 unspecified atom stereocenters. The molecule has 0 radical (unpaired) electrons. The summed E-state index contributed by atoms with van der Waals surface area (Å²) >= 11 is 6.33. The molecule has 0 spiro atoms. The van der Waals surface area contributed by atoms with E-state index in [1.54, 1.807) is 42.5 Å². The number of methoxy groups -OCH3 is 1. The molecule has 3 aromatic carbocycles. The Morgan fingerprint density at radius 3 is 2.19 bits per heavy atom. The van der Waals surface area contributed by atoms with Crippen molar-refractivity contribution in [1.82, 2.24) is 0 Å². The standard InChI is InChI=1S/C25H22ClN3O3/c1-28(2)17-14-12-16(13-15-17)27-23-22(18-8-4-7-11-21(18)32-3)24(30)29(25(23)31)20-10-6-5-9-19(20)26/h4-15,27H,1-3H3. The van der Waals surface area contributed by atoms with Crippen molar-refractivity contribution in [3.63, 3.8) is 0 Å². The van der Waals surface area contributed by atoms with Crippen LogP contribution in [0, 0.1) is 0 Å². The molecule has 1 aliphatic heterocycles. The molecule has 0 saturated carbocycles. The Hall–Kier alpha value is -3.77. The third-order valence-electron chi connectivity index (χ3n) is 5.21. The van der Waals surface area contributed by atoms with Crippen LogP contribution >= 0.6 is 11.6 Å². The second-order valence-electron chi connectivity index (χ2n) is 7.41. The number of para-hydroxylation sites is 2. The number of ether oxygens (including phenoxy) is 1. The van der Waals surface area contributed by atoms with Crippen molar-refractivity contribution in [2.24, 2.45) is 0 Å². The van der Waals surface area contributed by atoms with Gasteiger partial charge in [-0.15, -0.1) is 0 Å². The van der Waals surface area contributed by atoms with Gasteiger partial charge in [0.1, 0.15) is 11.4 Å². The predicted octanol–water partition coefficient (Wildman–Crippen LogP) is 4.81. The Balaban J connectivity index is 1.84. The van der Waals surface area contributed by atoms with Gasteiger partial charge < -0.3 is 15.0 Å². The second kappa shape index (κ2) is 8.77. The van der Waals surface area contributed by atoms with Crippen LogP contribution in [0.2, 0.25) is 5.02 Å². The maximum absolute atomic E-state index is 13.6. The number of rotatable bonds is 6. The zero-order chi connectivity index (χ0) is 22.8. The molecule has 1 heterocycles. The summed E-state index contributed by atoms with van der Waals surface area (Å²) in [5.74, 6) is -0.465. The lowest BCUT2D eigenvalue weighted by Crippen LogP contribution is -2.32. The number of anilines is 3. The van der Waals surface area contributed by atoms with E-state index in [4.69, 9.17) is 16.3 Å². The van der Waals surface area contributed by atoms with Crippen LogP contribution in [0.15, 0.2) is 78.5 Å². The first-order valence-electron chi connectivity index (χ1n) is 9.97. The van der Waals surface area contributed by atoms with Crippen molar-refractivity contribution < 1.29 is 14.3 Å². The van der Waals surface area contributed by atoms with E-state index in [2.05, 4.69) is 5.32 Å². The maximum atomic E-state index is 13.6. The molecule has 7 heteroatoms. The third-order valence-corrected chi connectivity index (χ3v) is 5.53. The fourth-order valence-electron chi connectivity index (χ4n) is 3.59. The number of carbonyl (C=O) groups excluding carboxylic acids is 2. The summed E-state index contributed by atoms with van der Waals surface area (Å²) < 4.78 is 5.47. The summed E-state index contributed by atoms with van der Waals surface area (Å²) in [5.41, 5.74) is 2.94. The number of nitrogens with zero attached hydrogens (tertiary/aromatic N) is 2. The monoisotopic (exact) mass is 447 g/mol. The van der Waals surface area contributed by atoms with E-state index < -0.39 is 11.8 Å². The molecule has 3 aromatic rings. The Bertz CT molecular complexity index is 1220. The Labute approximate surface area is 191 Å². The average Bonchev–Trinajstić information content (AvgIpc) is 3.03. The van der Waals surface area contributed by atoms with Gasteiger partial charge in [0.05, 0.1) is 23.4 Å². The van der Waals surface area contributed by atoms with Crippen molar-refractivity contribution in [2.45, 2.75) is 0 Å². The number of amides is 2. The number of halogens is 1. The smallest absolute Gasteiger partial charge is 0.282 e. The SMILES string of the molecule is COc1ccccc1C1=C(Nc2ccc(N(C)C)cc2)C(=O)N(c2ccccc2Cl)C1=O. The summed E-state index contributed by atoms with van der Waals surface area (Å²) in [6.45, 7) is 0. The van der Waals surface area contributed by atoms with Gasteiger partial charge in [0.15, 0.2) is 0 Å². The molecule has 6 nitrogen and oxygen atoms in total. The summed E-state index contributed by atoms with van der Waals surface area (Å²) in [6, 6.07) is 21.5. The highest BCUT2D eigenvalue weighted by molar-refractivity contribution is 6.48. The number of nitrogens with one attached hydrogen (secondary N) is 1. The molecule has 32 heavy (non-hydrogen) atoms. The van der Waals surface area contributed by atoms with Crippen molar-refractivity contribution in [3.05, 3.63) is 89.1 Å². The summed E-state index contributed by atoms with van der Waals surface area (Å²) in [4.78, 5) is 30.2. The highest BCUT2D eigenvalue weighted by atomic mass is 35.5. The van der Waals surface area contributed by atoms with Gasteiger partial charge in [0.25, 0.3) is 11.8 Å². The van der Waals surface area contributed by atoms with E-state index in [1.165, 1.54) is 7.11 Å². The number of carbonyl (C=O) groups is 2. The number of hydrogen-bond acceptors (Lipinski definition) is 5. The normalized spacial score (nSPS) is 13.6. The Kier molecular flexibility index (Phi) is 5.88. The molecule has 0 fully saturated rings. The average molecular weight is 448 g/mol. The number of hydrogen-bond donors (Lipinski definition) is 1. The Morgan fingerprint density at radius 1 is 0.875 bits per heavy atom. The molecule has 0 saturated heterocycles. The summed E-state index contributed by atoms with van der Waals surface area (Å²) in [6.07, 6.45) is 0. The van der Waals surface area contributed by atoms with Crippen molar-refractivity contribution in [3.8, 4) is 5.75 Å². The minimum Gasteiger partial charge on any atom is -0.496 e. The largest absolute Gasteiger partial charge is 0.496 e. The zero-order valence-electron chi connectivity index (χ0n) is 17.9. The quantitative estimate of drug-likeness (QED) is 0.549. The minimum absolute atomic E-state index is 0.164. The van der Waals surface area contributed by atoms with E-state index in [-0.39, 0.29) is 11.3 Å². The van der Waals surface area contributed by atoms with Crippen LogP contribution in [0.1, 0.15) is 5.56 Å². The lowest BCUT2D eigenvalue weighted by atomic mass is 10.0. The first-order chi connectivity index (χ1) is 15.4. The predicted molar refractivity (Wildman–Crippen MR) is 128 cm³/mol. The van der Waals surface area contributed by atoms with E-state index in [1.807, 2.05) is 49.3 Å². The molecular weight excluding hydrogens is 426 g/mol. The van der Waals surface area contributed by atoms with Crippen LogP contribution < -0.4 is 19.9 Å². The first-order valence-corrected chi connectivity index (χ1v) is 10.4. The molecular formula is C25H22ClN3O3. The van der Waals surface area contributed by atoms with Crippen molar-refractivity contribution in [2.75, 3.05) is 36.3 Å². The van der Waals surface area contributed by atoms with Crippen LogP contribution in [0.4, 0.5) is 17.1 Å². The molecule has 0 atom stereocenters. The lowest BCUT2D eigenvalue weighted by Gasteiger charge is -2.17. The van der Waals surface area contributed by atoms with Gasteiger partial charge >= 0.3 is 0 Å². The van der Waals surface area contributed by atoms with Gasteiger partial charge in [-0.3, -0.25) is 9.59 Å². The highest BCUT2D eigenvalue weighted by Gasteiger charge is 2.41. The van der Waals surface area contributed by atoms with Crippen LogP contribution in [0.5, 0.6) is 5.75 Å². The molecule has 162 valence electrons. The molecule has 0 aromatic heterocycles. The van der Waals surface area contributed by atoms with Gasteiger partial charge in [0.2, 0.25) is 0 Å². The van der Waals surface area contributed by atoms with Gasteiger partial charge in [-0.2, -0.15) is 0 Å². The number of imide groups is 1. The second-order valence-corrected chi connectivity index (χ2v) is 7.82. The fourth-order valence-corrected chi connectivity index (χ4v) is 3.81. The summed E-state index contributed by atoms with van der Waals surface area (Å²) in [5, 5.41) is 3.47. The zero-order valence-corrected chi connectivity index (χ0v) is 18.7. The maximum Gasteiger partial charge on any atom is 0.282 e. The fraction of sp³-hybridized carbons (Fsp3) is 0.120. The lowest BCUT2D eigenvalue weighted by molar-refractivity contribution is -0.120. The topological polar surface area (TPSA) is 61.9 Å². The van der Waals surface area contributed by atoms with Gasteiger partial charge in [-0.25, -0.2) is 4.90 Å². The van der Waals surface area contributed by atoms with Crippen LogP contribution in [0.3, 0.4) is 0 Å². The van der Waals surface area contributed by atoms with Crippen molar-refractivity contribution in [1.29, 1.82) is 0 Å². The van der Waals surface area contributed by atoms with Gasteiger partial charge in [0, 0.05) is 31.0 Å². The molecule has 0 aliphatic carbocycles. The third kappa shape index (κ3) is 3.81. The van der Waals surface area contributed by atoms with Crippen LogP contribution in [-0.2, 0) is 9.59 Å². The summed E-state index contributed by atoms with van der Waals surface area (Å²) in [7, 11) is 5.43. The highest BCUT2D eigenvalue weighted by Crippen LogP contribution is 2.39. The molecule has 1 aliphatic rings. The van der Waals surface area contributed by atoms with E-state index >= 15 is 0 Å². The number of benzene rings is 3. The van der Waals surface area contributed by atoms with E-state index in [0.29, 0.717) is 27.7 Å². The molecule has 2 amide bonds. The molecule has 1 N–H and O–H groups in total. The van der Waals surface area contributed by atoms with Gasteiger partial charge in [-0.05, 0) is 42.5 Å². The first kappa shape index (κ1) is 21.5. The van der Waals surface area contributed by atoms with E-state index in [0.717, 1.165) is 10.6 Å².